The summed E-state index contributed by atoms with van der Waals surface area (Å²) in [4.78, 5) is 3.83. The molecule has 0 aliphatic carbocycles. The van der Waals surface area contributed by atoms with Crippen LogP contribution in [0.25, 0.3) is 5.69 Å². The van der Waals surface area contributed by atoms with Crippen LogP contribution in [0.15, 0.2) is 40.2 Å². The molecule has 0 amide bonds. The average molecular weight is 337 g/mol. The number of hydrogen-bond acceptors (Lipinski definition) is 8. The largest absolute Gasteiger partial charge is 0.497 e. The molecule has 0 N–H and O–H groups in total. The summed E-state index contributed by atoms with van der Waals surface area (Å²) < 4.78 is 31.0. The Morgan fingerprint density at radius 3 is 2.68 bits per heavy atom. The molecule has 0 fully saturated rings. The van der Waals surface area contributed by atoms with Gasteiger partial charge in [0.1, 0.15) is 11.5 Å². The third-order valence-electron chi connectivity index (χ3n) is 2.85. The van der Waals surface area contributed by atoms with Gasteiger partial charge in [-0.05, 0) is 34.7 Å². The number of ether oxygens (including phenoxy) is 1. The summed E-state index contributed by atoms with van der Waals surface area (Å²) in [7, 11) is -2.00. The molecule has 0 spiro atoms. The minimum atomic E-state index is -3.56. The molecule has 8 nitrogen and oxygen atoms in total. The Hall–Kier alpha value is -2.33. The van der Waals surface area contributed by atoms with Crippen LogP contribution in [0.5, 0.6) is 5.75 Å². The molecule has 3 aromatic rings. The number of hydrogen-bond donors (Lipinski definition) is 0. The van der Waals surface area contributed by atoms with E-state index >= 15 is 0 Å². The van der Waals surface area contributed by atoms with Gasteiger partial charge in [-0.1, -0.05) is 0 Å². The van der Waals surface area contributed by atoms with E-state index in [0.29, 0.717) is 11.4 Å². The van der Waals surface area contributed by atoms with Gasteiger partial charge < -0.3 is 4.74 Å². The third-order valence-corrected chi connectivity index (χ3v) is 5.74. The Balaban J connectivity index is 1.92. The number of rotatable bonds is 5. The van der Waals surface area contributed by atoms with E-state index in [1.54, 1.807) is 36.8 Å². The Morgan fingerprint density at radius 1 is 1.27 bits per heavy atom. The number of nitrogens with zero attached hydrogens (tertiary/aromatic N) is 5. The summed E-state index contributed by atoms with van der Waals surface area (Å²) >= 11 is 1.06. The smallest absolute Gasteiger partial charge is 0.212 e. The van der Waals surface area contributed by atoms with Crippen LogP contribution in [0.3, 0.4) is 0 Å². The summed E-state index contributed by atoms with van der Waals surface area (Å²) in [6, 6.07) is 6.98. The number of benzene rings is 1. The molecule has 0 saturated heterocycles. The van der Waals surface area contributed by atoms with Crippen LogP contribution in [0.2, 0.25) is 0 Å². The third kappa shape index (κ3) is 2.83. The maximum Gasteiger partial charge on any atom is 0.212 e. The summed E-state index contributed by atoms with van der Waals surface area (Å²) in [5, 5.41) is 12.8. The maximum atomic E-state index is 12.3. The Labute approximate surface area is 130 Å². The Morgan fingerprint density at radius 2 is 2.05 bits per heavy atom. The predicted octanol–water partition coefficient (Wildman–Crippen LogP) is 1.10. The topological polar surface area (TPSA) is 99.9 Å². The lowest BCUT2D eigenvalue weighted by atomic mass is 10.3. The van der Waals surface area contributed by atoms with Crippen LogP contribution >= 0.6 is 11.3 Å². The standard InChI is InChI=1S/C12H11N5O3S2/c1-20-10-4-2-9(3-5-10)17-11(14-15-16-17)8-22(18,19)12-13-6-7-21-12/h2-7H,8H2,1H3. The fourth-order valence-corrected chi connectivity index (χ4v) is 3.97. The highest BCUT2D eigenvalue weighted by Crippen LogP contribution is 2.19. The second-order valence-corrected chi connectivity index (χ2v) is 7.32. The van der Waals surface area contributed by atoms with E-state index in [-0.39, 0.29) is 15.9 Å². The molecule has 0 aliphatic heterocycles. The number of thiazole rings is 1. The Kier molecular flexibility index (Phi) is 3.86. The first-order chi connectivity index (χ1) is 10.6. The number of methoxy groups -OCH3 is 1. The van der Waals surface area contributed by atoms with Crippen molar-refractivity contribution in [1.29, 1.82) is 0 Å². The van der Waals surface area contributed by atoms with Crippen LogP contribution in [0, 0.1) is 0 Å². The van der Waals surface area contributed by atoms with Crippen LogP contribution < -0.4 is 4.74 Å². The number of tetrazole rings is 1. The molecule has 10 heteroatoms. The molecule has 0 unspecified atom stereocenters. The van der Waals surface area contributed by atoms with E-state index in [4.69, 9.17) is 4.74 Å². The molecule has 0 saturated carbocycles. The van der Waals surface area contributed by atoms with Crippen molar-refractivity contribution >= 4 is 21.2 Å². The fourth-order valence-electron chi connectivity index (χ4n) is 1.82. The van der Waals surface area contributed by atoms with Crippen molar-refractivity contribution < 1.29 is 13.2 Å². The summed E-state index contributed by atoms with van der Waals surface area (Å²) in [6.07, 6.45) is 1.45. The molecule has 1 aromatic carbocycles. The van der Waals surface area contributed by atoms with E-state index in [9.17, 15) is 8.42 Å². The molecule has 114 valence electrons. The van der Waals surface area contributed by atoms with Gasteiger partial charge in [-0.3, -0.25) is 0 Å². The van der Waals surface area contributed by atoms with Crippen LogP contribution in [0.1, 0.15) is 5.82 Å². The molecule has 22 heavy (non-hydrogen) atoms. The fraction of sp³-hybridized carbons (Fsp3) is 0.167. The zero-order chi connectivity index (χ0) is 15.6. The first-order valence-electron chi connectivity index (χ1n) is 6.14. The lowest BCUT2D eigenvalue weighted by molar-refractivity contribution is 0.414. The summed E-state index contributed by atoms with van der Waals surface area (Å²) in [5.74, 6) is 0.591. The van der Waals surface area contributed by atoms with Crippen molar-refractivity contribution in [3.63, 3.8) is 0 Å². The maximum absolute atomic E-state index is 12.3. The van der Waals surface area contributed by atoms with Gasteiger partial charge in [0.2, 0.25) is 14.2 Å². The van der Waals surface area contributed by atoms with Gasteiger partial charge >= 0.3 is 0 Å². The molecular formula is C12H11N5O3S2. The van der Waals surface area contributed by atoms with E-state index in [1.165, 1.54) is 10.9 Å². The molecule has 0 bridgehead atoms. The molecule has 2 heterocycles. The van der Waals surface area contributed by atoms with Gasteiger partial charge in [0, 0.05) is 11.6 Å². The van der Waals surface area contributed by atoms with Crippen molar-refractivity contribution in [2.75, 3.05) is 7.11 Å². The van der Waals surface area contributed by atoms with Crippen molar-refractivity contribution in [2.24, 2.45) is 0 Å². The first kappa shape index (κ1) is 14.6. The lowest BCUT2D eigenvalue weighted by Crippen LogP contribution is -2.11. The highest BCUT2D eigenvalue weighted by molar-refractivity contribution is 7.92. The Bertz CT molecular complexity index is 857. The van der Waals surface area contributed by atoms with E-state index in [2.05, 4.69) is 20.5 Å². The monoisotopic (exact) mass is 337 g/mol. The van der Waals surface area contributed by atoms with Gasteiger partial charge in [0.15, 0.2) is 5.82 Å². The first-order valence-corrected chi connectivity index (χ1v) is 8.67. The van der Waals surface area contributed by atoms with Crippen LogP contribution in [0.4, 0.5) is 0 Å². The number of aromatic nitrogens is 5. The van der Waals surface area contributed by atoms with Crippen molar-refractivity contribution in [3.05, 3.63) is 41.7 Å². The van der Waals surface area contributed by atoms with Gasteiger partial charge in [-0.25, -0.2) is 13.4 Å². The average Bonchev–Trinajstić information content (AvgIpc) is 3.18. The SMILES string of the molecule is COc1ccc(-n2nnnc2CS(=O)(=O)c2nccs2)cc1. The number of sulfone groups is 1. The van der Waals surface area contributed by atoms with Crippen molar-refractivity contribution in [1.82, 2.24) is 25.2 Å². The minimum absolute atomic E-state index is 0.0526. The van der Waals surface area contributed by atoms with E-state index < -0.39 is 9.84 Å². The molecular weight excluding hydrogens is 326 g/mol. The highest BCUT2D eigenvalue weighted by Gasteiger charge is 2.22. The normalized spacial score (nSPS) is 11.5. The molecule has 0 atom stereocenters. The molecule has 2 aromatic heterocycles. The van der Waals surface area contributed by atoms with Crippen molar-refractivity contribution in [3.8, 4) is 11.4 Å². The zero-order valence-corrected chi connectivity index (χ0v) is 13.1. The predicted molar refractivity (Wildman–Crippen MR) is 78.7 cm³/mol. The quantitative estimate of drug-likeness (QED) is 0.687. The van der Waals surface area contributed by atoms with Crippen LogP contribution in [-0.2, 0) is 15.6 Å². The minimum Gasteiger partial charge on any atom is -0.497 e. The lowest BCUT2D eigenvalue weighted by Gasteiger charge is -2.05. The summed E-state index contributed by atoms with van der Waals surface area (Å²) in [6.45, 7) is 0. The van der Waals surface area contributed by atoms with Crippen molar-refractivity contribution in [2.45, 2.75) is 10.1 Å². The van der Waals surface area contributed by atoms with E-state index in [1.807, 2.05) is 0 Å². The van der Waals surface area contributed by atoms with Gasteiger partial charge in [0.25, 0.3) is 0 Å². The highest BCUT2D eigenvalue weighted by atomic mass is 32.2. The van der Waals surface area contributed by atoms with Gasteiger partial charge in [0.05, 0.1) is 12.8 Å². The molecule has 3 rings (SSSR count). The van der Waals surface area contributed by atoms with Gasteiger partial charge in [-0.2, -0.15) is 4.68 Å². The summed E-state index contributed by atoms with van der Waals surface area (Å²) in [5.41, 5.74) is 0.648. The second-order valence-electron chi connectivity index (χ2n) is 4.26. The van der Waals surface area contributed by atoms with Crippen LogP contribution in [-0.4, -0.2) is 40.7 Å². The van der Waals surface area contributed by atoms with E-state index in [0.717, 1.165) is 11.3 Å². The molecule has 0 aliphatic rings. The zero-order valence-electron chi connectivity index (χ0n) is 11.4. The molecule has 0 radical (unpaired) electrons. The second kappa shape index (κ2) is 5.81. The van der Waals surface area contributed by atoms with Gasteiger partial charge in [-0.15, -0.1) is 16.4 Å².